The van der Waals surface area contributed by atoms with Crippen LogP contribution in [0.2, 0.25) is 5.15 Å². The van der Waals surface area contributed by atoms with E-state index in [1.54, 1.807) is 27.7 Å². The van der Waals surface area contributed by atoms with Gasteiger partial charge in [-0.1, -0.05) is 16.8 Å². The molecule has 23 heavy (non-hydrogen) atoms. The van der Waals surface area contributed by atoms with Crippen LogP contribution in [-0.2, 0) is 20.4 Å². The molecule has 1 aliphatic heterocycles. The van der Waals surface area contributed by atoms with E-state index in [2.05, 4.69) is 10.3 Å². The average Bonchev–Trinajstić information content (AvgIpc) is 2.91. The van der Waals surface area contributed by atoms with Gasteiger partial charge in [0.1, 0.15) is 16.4 Å². The molecule has 1 aromatic heterocycles. The van der Waals surface area contributed by atoms with Crippen LogP contribution >= 0.6 is 11.6 Å². The zero-order chi connectivity index (χ0) is 17.6. The highest BCUT2D eigenvalue weighted by Gasteiger charge is 2.38. The van der Waals surface area contributed by atoms with Gasteiger partial charge in [-0.2, -0.15) is 5.10 Å². The zero-order valence-electron chi connectivity index (χ0n) is 13.2. The molecule has 1 aromatic rings. The smallest absolute Gasteiger partial charge is 0.282 e. The Bertz CT molecular complexity index is 742. The molecule has 2 heterocycles. The minimum atomic E-state index is -3.92. The molecule has 10 heteroatoms. The second-order valence-electron chi connectivity index (χ2n) is 6.27. The maximum absolute atomic E-state index is 13.2. The first-order valence-corrected chi connectivity index (χ1v) is 9.00. The fourth-order valence-electron chi connectivity index (χ4n) is 2.16. The topological polar surface area (TPSA) is 73.5 Å². The number of halogens is 3. The Morgan fingerprint density at radius 1 is 1.39 bits per heavy atom. The Morgan fingerprint density at radius 2 is 2.00 bits per heavy atom. The van der Waals surface area contributed by atoms with Crippen molar-refractivity contribution in [3.63, 3.8) is 0 Å². The largest absolute Gasteiger partial charge is 0.389 e. The molecule has 0 saturated carbocycles. The van der Waals surface area contributed by atoms with Crippen molar-refractivity contribution in [2.24, 2.45) is 5.16 Å². The SMILES string of the molecule is CC(C)n1nc(C(F)F)c(CS(=O)(=O)C2=NOC(C)(C)C2)c1Cl. The van der Waals surface area contributed by atoms with Gasteiger partial charge < -0.3 is 4.84 Å². The lowest BCUT2D eigenvalue weighted by Crippen LogP contribution is -2.23. The normalized spacial score (nSPS) is 17.7. The third-order valence-electron chi connectivity index (χ3n) is 3.34. The lowest BCUT2D eigenvalue weighted by atomic mass is 10.1. The molecule has 0 aliphatic carbocycles. The number of hydrogen-bond acceptors (Lipinski definition) is 5. The Morgan fingerprint density at radius 3 is 2.43 bits per heavy atom. The monoisotopic (exact) mass is 369 g/mol. The highest BCUT2D eigenvalue weighted by atomic mass is 35.5. The van der Waals surface area contributed by atoms with Crippen LogP contribution < -0.4 is 0 Å². The number of hydrogen-bond donors (Lipinski definition) is 0. The van der Waals surface area contributed by atoms with Gasteiger partial charge in [0, 0.05) is 18.0 Å². The summed E-state index contributed by atoms with van der Waals surface area (Å²) in [6, 6.07) is -0.275. The quantitative estimate of drug-likeness (QED) is 0.814. The summed E-state index contributed by atoms with van der Waals surface area (Å²) < 4.78 is 52.4. The summed E-state index contributed by atoms with van der Waals surface area (Å²) in [5, 5.41) is 7.05. The molecule has 6 nitrogen and oxygen atoms in total. The molecule has 0 fully saturated rings. The third-order valence-corrected chi connectivity index (χ3v) is 5.34. The van der Waals surface area contributed by atoms with Gasteiger partial charge in [-0.25, -0.2) is 17.2 Å². The number of nitrogens with zero attached hydrogens (tertiary/aromatic N) is 3. The molecule has 0 saturated heterocycles. The first-order chi connectivity index (χ1) is 10.4. The summed E-state index contributed by atoms with van der Waals surface area (Å²) in [4.78, 5) is 5.04. The maximum atomic E-state index is 13.2. The zero-order valence-corrected chi connectivity index (χ0v) is 14.7. The van der Waals surface area contributed by atoms with Gasteiger partial charge in [0.2, 0.25) is 0 Å². The summed E-state index contributed by atoms with van der Waals surface area (Å²) in [5.41, 5.74) is -1.55. The summed E-state index contributed by atoms with van der Waals surface area (Å²) >= 11 is 6.07. The van der Waals surface area contributed by atoms with Gasteiger partial charge >= 0.3 is 0 Å². The summed E-state index contributed by atoms with van der Waals surface area (Å²) in [6.45, 7) is 6.80. The van der Waals surface area contributed by atoms with Crippen molar-refractivity contribution in [3.8, 4) is 0 Å². The van der Waals surface area contributed by atoms with Crippen molar-refractivity contribution in [2.45, 2.75) is 57.9 Å². The van der Waals surface area contributed by atoms with Gasteiger partial charge in [0.05, 0.1) is 5.75 Å². The van der Waals surface area contributed by atoms with E-state index in [1.165, 1.54) is 4.68 Å². The van der Waals surface area contributed by atoms with E-state index in [-0.39, 0.29) is 28.2 Å². The van der Waals surface area contributed by atoms with Crippen molar-refractivity contribution >= 4 is 26.5 Å². The molecule has 0 unspecified atom stereocenters. The first kappa shape index (κ1) is 18.1. The number of alkyl halides is 2. The fraction of sp³-hybridized carbons (Fsp3) is 0.692. The van der Waals surface area contributed by atoms with Crippen molar-refractivity contribution in [1.82, 2.24) is 9.78 Å². The predicted octanol–water partition coefficient (Wildman–Crippen LogP) is 3.48. The van der Waals surface area contributed by atoms with Gasteiger partial charge in [-0.3, -0.25) is 4.68 Å². The molecule has 0 atom stereocenters. The van der Waals surface area contributed by atoms with E-state index >= 15 is 0 Å². The summed E-state index contributed by atoms with van der Waals surface area (Å²) in [6.07, 6.45) is -2.84. The Hall–Kier alpha value is -1.22. The van der Waals surface area contributed by atoms with E-state index in [0.717, 1.165) is 0 Å². The predicted molar refractivity (Wildman–Crippen MR) is 82.4 cm³/mol. The van der Waals surface area contributed by atoms with Crippen molar-refractivity contribution in [1.29, 1.82) is 0 Å². The van der Waals surface area contributed by atoms with Crippen LogP contribution in [0.4, 0.5) is 8.78 Å². The van der Waals surface area contributed by atoms with Gasteiger partial charge in [-0.05, 0) is 27.7 Å². The van der Waals surface area contributed by atoms with Crippen LogP contribution in [-0.4, -0.2) is 28.8 Å². The van der Waals surface area contributed by atoms with Crippen LogP contribution in [0.1, 0.15) is 57.8 Å². The molecule has 0 bridgehead atoms. The molecule has 0 aromatic carbocycles. The van der Waals surface area contributed by atoms with Gasteiger partial charge in [0.25, 0.3) is 6.43 Å². The van der Waals surface area contributed by atoms with Crippen molar-refractivity contribution in [3.05, 3.63) is 16.4 Å². The highest BCUT2D eigenvalue weighted by molar-refractivity contribution is 8.05. The number of aromatic nitrogens is 2. The van der Waals surface area contributed by atoms with Crippen LogP contribution in [0.15, 0.2) is 5.16 Å². The summed E-state index contributed by atoms with van der Waals surface area (Å²) in [5.74, 6) is -0.684. The second kappa shape index (κ2) is 6.01. The molecule has 130 valence electrons. The van der Waals surface area contributed by atoms with E-state index in [1.807, 2.05) is 0 Å². The number of rotatable bonds is 4. The Kier molecular flexibility index (Phi) is 4.74. The highest BCUT2D eigenvalue weighted by Crippen LogP contribution is 2.33. The van der Waals surface area contributed by atoms with Crippen LogP contribution in [0.25, 0.3) is 0 Å². The van der Waals surface area contributed by atoms with E-state index in [0.29, 0.717) is 0 Å². The minimum Gasteiger partial charge on any atom is -0.389 e. The van der Waals surface area contributed by atoms with E-state index in [4.69, 9.17) is 16.4 Å². The molecule has 0 N–H and O–H groups in total. The number of oxime groups is 1. The Labute approximate surface area is 138 Å². The molecule has 2 rings (SSSR count). The standard InChI is InChI=1S/C13H18ClF2N3O3S/c1-7(2)19-11(14)8(10(17-19)12(15)16)6-23(20,21)9-5-13(3,4)22-18-9/h7,12H,5-6H2,1-4H3. The number of sulfone groups is 1. The molecular formula is C13H18ClF2N3O3S. The molecule has 0 amide bonds. The van der Waals surface area contributed by atoms with Crippen molar-refractivity contribution < 1.29 is 22.0 Å². The third kappa shape index (κ3) is 3.65. The van der Waals surface area contributed by atoms with E-state index < -0.39 is 33.3 Å². The van der Waals surface area contributed by atoms with Gasteiger partial charge in [-0.15, -0.1) is 0 Å². The van der Waals surface area contributed by atoms with Crippen molar-refractivity contribution in [2.75, 3.05) is 0 Å². The van der Waals surface area contributed by atoms with Crippen LogP contribution in [0, 0.1) is 0 Å². The lowest BCUT2D eigenvalue weighted by molar-refractivity contribution is 0.0123. The maximum Gasteiger partial charge on any atom is 0.282 e. The van der Waals surface area contributed by atoms with Crippen LogP contribution in [0.5, 0.6) is 0 Å². The lowest BCUT2D eigenvalue weighted by Gasteiger charge is -2.13. The second-order valence-corrected chi connectivity index (χ2v) is 8.61. The fourth-order valence-corrected chi connectivity index (χ4v) is 4.18. The van der Waals surface area contributed by atoms with Crippen LogP contribution in [0.3, 0.4) is 0 Å². The van der Waals surface area contributed by atoms with E-state index in [9.17, 15) is 17.2 Å². The average molecular weight is 370 g/mol. The molecular weight excluding hydrogens is 352 g/mol. The molecule has 1 aliphatic rings. The van der Waals surface area contributed by atoms with Gasteiger partial charge in [0.15, 0.2) is 14.9 Å². The molecule has 0 spiro atoms. The summed E-state index contributed by atoms with van der Waals surface area (Å²) in [7, 11) is -3.92. The molecule has 0 radical (unpaired) electrons. The first-order valence-electron chi connectivity index (χ1n) is 6.97. The minimum absolute atomic E-state index is 0.0787. The Balaban J connectivity index is 2.40.